The summed E-state index contributed by atoms with van der Waals surface area (Å²) < 4.78 is 31.4. The van der Waals surface area contributed by atoms with E-state index in [1.807, 2.05) is 18.2 Å². The molecule has 0 bridgehead atoms. The summed E-state index contributed by atoms with van der Waals surface area (Å²) in [7, 11) is 4.90. The Morgan fingerprint density at radius 3 is 1.52 bits per heavy atom. The maximum Gasteiger partial charge on any atom is 0.212 e. The largest absolute Gasteiger partial charge is 0.497 e. The maximum atomic E-state index is 11.5. The second-order valence-corrected chi connectivity index (χ2v) is 15.9. The Kier molecular flexibility index (Phi) is 8.02. The molecule has 0 saturated carbocycles. The SMILES string of the molecule is COc1cc2c(c(OC)c1)OC1(C=C2)N(Cc2ccc(CN3c4ccccc4C(C)(C)C34C=Cc3cc(N=O)cc(OC)c3O4)cc2)c2ccccc2C1(C)C. The molecule has 9 nitrogen and oxygen atoms in total. The van der Waals surface area contributed by atoms with Crippen molar-refractivity contribution >= 4 is 29.2 Å². The van der Waals surface area contributed by atoms with E-state index in [0.29, 0.717) is 47.5 Å². The van der Waals surface area contributed by atoms with Crippen LogP contribution in [0.3, 0.4) is 0 Å². The van der Waals surface area contributed by atoms with Crippen molar-refractivity contribution in [3.8, 4) is 28.7 Å². The van der Waals surface area contributed by atoms with E-state index in [0.717, 1.165) is 33.6 Å². The van der Waals surface area contributed by atoms with E-state index in [9.17, 15) is 4.91 Å². The number of anilines is 2. The van der Waals surface area contributed by atoms with Crippen LogP contribution in [0.2, 0.25) is 0 Å². The van der Waals surface area contributed by atoms with Crippen LogP contribution in [0.5, 0.6) is 28.7 Å². The zero-order chi connectivity index (χ0) is 39.0. The van der Waals surface area contributed by atoms with Gasteiger partial charge in [-0.05, 0) is 104 Å². The molecule has 0 radical (unpaired) electrons. The van der Waals surface area contributed by atoms with Crippen LogP contribution in [-0.4, -0.2) is 32.8 Å². The highest BCUT2D eigenvalue weighted by molar-refractivity contribution is 5.77. The fraction of sp³-hybridized carbons (Fsp3) is 0.277. The lowest BCUT2D eigenvalue weighted by Gasteiger charge is -2.47. The van der Waals surface area contributed by atoms with Gasteiger partial charge in [-0.1, -0.05) is 60.7 Å². The van der Waals surface area contributed by atoms with E-state index < -0.39 is 22.3 Å². The number of hydrogen-bond acceptors (Lipinski definition) is 9. The standard InChI is InChI=1S/C47H45N3O6/c1-44(2)36-12-8-10-14-38(36)49(46(44)22-20-32-24-34(48-51)26-40(53-6)42(32)55-46)28-30-16-18-31(19-17-30)29-50-39-15-11-9-13-37(39)45(3,4)47(50)23-21-33-25-35(52-5)27-41(54-7)43(33)56-47/h8-27H,28-29H2,1-7H3. The van der Waals surface area contributed by atoms with E-state index in [4.69, 9.17) is 23.7 Å². The van der Waals surface area contributed by atoms with Gasteiger partial charge in [0.05, 0.1) is 32.2 Å². The highest BCUT2D eigenvalue weighted by Crippen LogP contribution is 2.58. The van der Waals surface area contributed by atoms with Crippen molar-refractivity contribution in [2.45, 2.75) is 63.1 Å². The zero-order valence-electron chi connectivity index (χ0n) is 32.8. The quantitative estimate of drug-likeness (QED) is 0.145. The molecular formula is C47H45N3O6. The molecule has 0 saturated heterocycles. The molecule has 2 spiro atoms. The Labute approximate surface area is 327 Å². The van der Waals surface area contributed by atoms with Gasteiger partial charge in [0.25, 0.3) is 0 Å². The summed E-state index contributed by atoms with van der Waals surface area (Å²) in [5, 5.41) is 3.16. The van der Waals surface area contributed by atoms with E-state index >= 15 is 0 Å². The van der Waals surface area contributed by atoms with Crippen LogP contribution < -0.4 is 33.5 Å². The topological polar surface area (TPSA) is 82.1 Å². The monoisotopic (exact) mass is 747 g/mol. The summed E-state index contributed by atoms with van der Waals surface area (Å²) in [4.78, 5) is 16.2. The van der Waals surface area contributed by atoms with Gasteiger partial charge in [-0.15, -0.1) is 4.91 Å². The Balaban J connectivity index is 1.06. The molecule has 56 heavy (non-hydrogen) atoms. The van der Waals surface area contributed by atoms with Crippen molar-refractivity contribution in [3.05, 3.63) is 148 Å². The van der Waals surface area contributed by atoms with Gasteiger partial charge in [0.2, 0.25) is 11.4 Å². The van der Waals surface area contributed by atoms with Crippen LogP contribution in [0.25, 0.3) is 12.2 Å². The van der Waals surface area contributed by atoms with Crippen LogP contribution in [0.15, 0.2) is 114 Å². The summed E-state index contributed by atoms with van der Waals surface area (Å²) in [6.07, 6.45) is 8.46. The number of para-hydroxylation sites is 2. The number of fused-ring (bicyclic) bond motifs is 4. The average Bonchev–Trinajstić information content (AvgIpc) is 3.51. The van der Waals surface area contributed by atoms with Gasteiger partial charge in [-0.2, -0.15) is 0 Å². The maximum absolute atomic E-state index is 11.5. The third kappa shape index (κ3) is 4.92. The van der Waals surface area contributed by atoms with Crippen molar-refractivity contribution < 1.29 is 23.7 Å². The van der Waals surface area contributed by atoms with Gasteiger partial charge in [0, 0.05) is 47.7 Å². The molecule has 284 valence electrons. The predicted molar refractivity (Wildman–Crippen MR) is 221 cm³/mol. The van der Waals surface area contributed by atoms with Gasteiger partial charge >= 0.3 is 0 Å². The summed E-state index contributed by atoms with van der Waals surface area (Å²) >= 11 is 0. The predicted octanol–water partition coefficient (Wildman–Crippen LogP) is 10.3. The molecule has 0 fully saturated rings. The van der Waals surface area contributed by atoms with Gasteiger partial charge in [0.1, 0.15) is 11.4 Å². The Bertz CT molecular complexity index is 2450. The number of nitroso groups, excluding NO2 is 1. The first-order chi connectivity index (χ1) is 27.0. The third-order valence-electron chi connectivity index (χ3n) is 12.4. The van der Waals surface area contributed by atoms with Crippen LogP contribution >= 0.6 is 0 Å². The lowest BCUT2D eigenvalue weighted by molar-refractivity contribution is 0.0490. The minimum absolute atomic E-state index is 0.291. The molecule has 0 aliphatic carbocycles. The second kappa shape index (κ2) is 12.7. The number of methoxy groups -OCH3 is 3. The van der Waals surface area contributed by atoms with Crippen LogP contribution in [-0.2, 0) is 23.9 Å². The minimum atomic E-state index is -0.880. The lowest BCUT2D eigenvalue weighted by atomic mass is 9.76. The number of nitrogens with zero attached hydrogens (tertiary/aromatic N) is 3. The molecular weight excluding hydrogens is 703 g/mol. The van der Waals surface area contributed by atoms with Gasteiger partial charge < -0.3 is 33.5 Å². The summed E-state index contributed by atoms with van der Waals surface area (Å²) in [5.74, 6) is 3.10. The Morgan fingerprint density at radius 1 is 0.589 bits per heavy atom. The molecule has 2 unspecified atom stereocenters. The first-order valence-corrected chi connectivity index (χ1v) is 18.9. The Morgan fingerprint density at radius 2 is 1.05 bits per heavy atom. The molecule has 2 atom stereocenters. The molecule has 9 rings (SSSR count). The molecule has 5 aromatic carbocycles. The van der Waals surface area contributed by atoms with Gasteiger partial charge in [-0.25, -0.2) is 0 Å². The van der Waals surface area contributed by atoms with Crippen LogP contribution in [0, 0.1) is 4.91 Å². The molecule has 4 heterocycles. The lowest BCUT2D eigenvalue weighted by Crippen LogP contribution is -2.59. The summed E-state index contributed by atoms with van der Waals surface area (Å²) in [6, 6.07) is 33.1. The van der Waals surface area contributed by atoms with E-state index in [1.165, 1.54) is 11.1 Å². The fourth-order valence-corrected chi connectivity index (χ4v) is 9.31. The molecule has 9 heteroatoms. The van der Waals surface area contributed by atoms with Gasteiger partial charge in [-0.3, -0.25) is 0 Å². The number of hydrogen-bond donors (Lipinski definition) is 0. The van der Waals surface area contributed by atoms with Gasteiger partial charge in [0.15, 0.2) is 23.0 Å². The van der Waals surface area contributed by atoms with Crippen molar-refractivity contribution in [1.29, 1.82) is 0 Å². The highest BCUT2D eigenvalue weighted by atomic mass is 16.6. The first-order valence-electron chi connectivity index (χ1n) is 18.9. The summed E-state index contributed by atoms with van der Waals surface area (Å²) in [6.45, 7) is 10.1. The van der Waals surface area contributed by atoms with Crippen molar-refractivity contribution in [3.63, 3.8) is 0 Å². The second-order valence-electron chi connectivity index (χ2n) is 15.9. The van der Waals surface area contributed by atoms with E-state index in [-0.39, 0.29) is 0 Å². The normalized spacial score (nSPS) is 21.5. The molecule has 4 aliphatic heterocycles. The third-order valence-corrected chi connectivity index (χ3v) is 12.4. The molecule has 5 aromatic rings. The highest BCUT2D eigenvalue weighted by Gasteiger charge is 2.60. The van der Waals surface area contributed by atoms with Crippen LogP contribution in [0.1, 0.15) is 61.1 Å². The first kappa shape index (κ1) is 35.5. The zero-order valence-corrected chi connectivity index (χ0v) is 32.8. The van der Waals surface area contributed by atoms with Crippen molar-refractivity contribution in [1.82, 2.24) is 0 Å². The number of ether oxygens (including phenoxy) is 5. The molecule has 4 aliphatic rings. The Hall–Kier alpha value is -6.22. The van der Waals surface area contributed by atoms with E-state index in [1.54, 1.807) is 33.5 Å². The molecule has 0 amide bonds. The van der Waals surface area contributed by atoms with Crippen LogP contribution in [0.4, 0.5) is 17.1 Å². The number of benzene rings is 5. The average molecular weight is 748 g/mol. The summed E-state index contributed by atoms with van der Waals surface area (Å²) in [5.41, 5.74) is 6.31. The van der Waals surface area contributed by atoms with E-state index in [2.05, 4.69) is 134 Å². The molecule has 0 N–H and O–H groups in total. The number of rotatable bonds is 8. The fourth-order valence-electron chi connectivity index (χ4n) is 9.31. The van der Waals surface area contributed by atoms with Crippen molar-refractivity contribution in [2.75, 3.05) is 31.1 Å². The minimum Gasteiger partial charge on any atom is -0.497 e. The molecule has 0 aromatic heterocycles. The van der Waals surface area contributed by atoms with Crippen molar-refractivity contribution in [2.24, 2.45) is 5.18 Å². The smallest absolute Gasteiger partial charge is 0.212 e.